The topological polar surface area (TPSA) is 102 Å². The van der Waals surface area contributed by atoms with E-state index in [1.165, 1.54) is 18.5 Å². The molecule has 5 heteroatoms. The molecule has 0 amide bonds. The number of hydrogen-bond acceptors (Lipinski definition) is 4. The minimum Gasteiger partial charge on any atom is -0.480 e. The third-order valence-electron chi connectivity index (χ3n) is 1.41. The molecule has 0 aromatic carbocycles. The second-order valence-corrected chi connectivity index (χ2v) is 2.37. The lowest BCUT2D eigenvalue weighted by Gasteiger charge is -2.05. The van der Waals surface area contributed by atoms with Gasteiger partial charge in [-0.2, -0.15) is 0 Å². The Bertz CT molecular complexity index is 300. The second kappa shape index (κ2) is 3.19. The smallest absolute Gasteiger partial charge is 0.325 e. The van der Waals surface area contributed by atoms with E-state index in [0.717, 1.165) is 0 Å². The molecule has 0 aliphatic rings. The summed E-state index contributed by atoms with van der Waals surface area (Å²) in [7, 11) is 0. The number of nitrogens with zero attached hydrogens (tertiary/aromatic N) is 1. The molecular formula is C7H9N3O2. The SMILES string of the molecule is Nc1cncc([C@H](N)C(=O)O)c1. The van der Waals surface area contributed by atoms with Crippen LogP contribution in [0.15, 0.2) is 18.5 Å². The van der Waals surface area contributed by atoms with Crippen molar-refractivity contribution in [3.63, 3.8) is 0 Å². The van der Waals surface area contributed by atoms with Gasteiger partial charge in [-0.1, -0.05) is 0 Å². The van der Waals surface area contributed by atoms with Crippen LogP contribution < -0.4 is 11.5 Å². The van der Waals surface area contributed by atoms with Gasteiger partial charge >= 0.3 is 5.97 Å². The largest absolute Gasteiger partial charge is 0.480 e. The first-order valence-corrected chi connectivity index (χ1v) is 3.30. The number of hydrogen-bond donors (Lipinski definition) is 3. The number of aliphatic carboxylic acids is 1. The van der Waals surface area contributed by atoms with E-state index in [4.69, 9.17) is 16.6 Å². The Morgan fingerprint density at radius 1 is 1.58 bits per heavy atom. The highest BCUT2D eigenvalue weighted by Crippen LogP contribution is 2.11. The van der Waals surface area contributed by atoms with E-state index >= 15 is 0 Å². The number of nitrogen functional groups attached to an aromatic ring is 1. The molecule has 12 heavy (non-hydrogen) atoms. The van der Waals surface area contributed by atoms with Gasteiger partial charge in [-0.25, -0.2) is 0 Å². The maximum Gasteiger partial charge on any atom is 0.325 e. The normalized spacial score (nSPS) is 12.4. The third-order valence-corrected chi connectivity index (χ3v) is 1.41. The van der Waals surface area contributed by atoms with Crippen molar-refractivity contribution in [2.45, 2.75) is 6.04 Å². The van der Waals surface area contributed by atoms with Crippen LogP contribution in [0.5, 0.6) is 0 Å². The summed E-state index contributed by atoms with van der Waals surface area (Å²) in [5.41, 5.74) is 11.5. The van der Waals surface area contributed by atoms with Crippen LogP contribution in [0.3, 0.4) is 0 Å². The van der Waals surface area contributed by atoms with Crippen molar-refractivity contribution in [3.05, 3.63) is 24.0 Å². The minimum atomic E-state index is -1.09. The van der Waals surface area contributed by atoms with Crippen molar-refractivity contribution in [2.75, 3.05) is 5.73 Å². The summed E-state index contributed by atoms with van der Waals surface area (Å²) >= 11 is 0. The summed E-state index contributed by atoms with van der Waals surface area (Å²) in [4.78, 5) is 14.1. The zero-order valence-corrected chi connectivity index (χ0v) is 6.27. The molecule has 1 aromatic rings. The number of carboxylic acids is 1. The van der Waals surface area contributed by atoms with E-state index in [2.05, 4.69) is 4.98 Å². The molecule has 0 radical (unpaired) electrons. The quantitative estimate of drug-likeness (QED) is 0.563. The molecule has 0 spiro atoms. The Balaban J connectivity index is 2.95. The summed E-state index contributed by atoms with van der Waals surface area (Å²) in [6.07, 6.45) is 2.81. The molecule has 0 aliphatic heterocycles. The fourth-order valence-electron chi connectivity index (χ4n) is 0.789. The van der Waals surface area contributed by atoms with Crippen molar-refractivity contribution < 1.29 is 9.90 Å². The highest BCUT2D eigenvalue weighted by molar-refractivity contribution is 5.75. The molecule has 0 fully saturated rings. The van der Waals surface area contributed by atoms with Gasteiger partial charge < -0.3 is 16.6 Å². The first-order chi connectivity index (χ1) is 5.61. The Labute approximate surface area is 69.0 Å². The zero-order chi connectivity index (χ0) is 9.14. The molecule has 5 nitrogen and oxygen atoms in total. The van der Waals surface area contributed by atoms with Crippen molar-refractivity contribution in [2.24, 2.45) is 5.73 Å². The molecule has 0 aliphatic carbocycles. The van der Waals surface area contributed by atoms with E-state index in [0.29, 0.717) is 11.3 Å². The average molecular weight is 167 g/mol. The lowest BCUT2D eigenvalue weighted by atomic mass is 10.1. The van der Waals surface area contributed by atoms with E-state index in [1.54, 1.807) is 0 Å². The van der Waals surface area contributed by atoms with Crippen molar-refractivity contribution in [1.82, 2.24) is 4.98 Å². The number of pyridine rings is 1. The van der Waals surface area contributed by atoms with Crippen LogP contribution in [-0.4, -0.2) is 16.1 Å². The molecular weight excluding hydrogens is 158 g/mol. The average Bonchev–Trinajstić information content (AvgIpc) is 2.03. The zero-order valence-electron chi connectivity index (χ0n) is 6.27. The van der Waals surface area contributed by atoms with Gasteiger partial charge in [0.25, 0.3) is 0 Å². The molecule has 0 saturated carbocycles. The van der Waals surface area contributed by atoms with Gasteiger partial charge in [-0.15, -0.1) is 0 Å². The van der Waals surface area contributed by atoms with E-state index < -0.39 is 12.0 Å². The Hall–Kier alpha value is -1.62. The summed E-state index contributed by atoms with van der Waals surface area (Å²) in [5, 5.41) is 8.53. The standard InChI is InChI=1S/C7H9N3O2/c8-5-1-4(2-10-3-5)6(9)7(11)12/h1-3,6H,8-9H2,(H,11,12)/t6-/m0/s1. The first kappa shape index (κ1) is 8.48. The van der Waals surface area contributed by atoms with E-state index in [9.17, 15) is 4.79 Å². The molecule has 0 bridgehead atoms. The van der Waals surface area contributed by atoms with Gasteiger partial charge in [0.15, 0.2) is 0 Å². The number of carboxylic acid groups (broad SMARTS) is 1. The Morgan fingerprint density at radius 3 is 2.75 bits per heavy atom. The lowest BCUT2D eigenvalue weighted by molar-refractivity contribution is -0.138. The molecule has 1 heterocycles. The fourth-order valence-corrected chi connectivity index (χ4v) is 0.789. The van der Waals surface area contributed by atoms with Gasteiger partial charge in [0, 0.05) is 18.0 Å². The molecule has 0 unspecified atom stereocenters. The summed E-state index contributed by atoms with van der Waals surface area (Å²) in [6.45, 7) is 0. The van der Waals surface area contributed by atoms with Crippen LogP contribution in [0.2, 0.25) is 0 Å². The van der Waals surface area contributed by atoms with Crippen LogP contribution in [0.1, 0.15) is 11.6 Å². The van der Waals surface area contributed by atoms with Crippen LogP contribution in [0, 0.1) is 0 Å². The number of anilines is 1. The Morgan fingerprint density at radius 2 is 2.25 bits per heavy atom. The fraction of sp³-hybridized carbons (Fsp3) is 0.143. The van der Waals surface area contributed by atoms with Crippen molar-refractivity contribution in [1.29, 1.82) is 0 Å². The number of carbonyl (C=O) groups is 1. The van der Waals surface area contributed by atoms with Crippen LogP contribution in [-0.2, 0) is 4.79 Å². The van der Waals surface area contributed by atoms with E-state index in [-0.39, 0.29) is 0 Å². The highest BCUT2D eigenvalue weighted by Gasteiger charge is 2.13. The monoisotopic (exact) mass is 167 g/mol. The van der Waals surface area contributed by atoms with Crippen molar-refractivity contribution in [3.8, 4) is 0 Å². The minimum absolute atomic E-state index is 0.405. The summed E-state index contributed by atoms with van der Waals surface area (Å²) < 4.78 is 0. The third kappa shape index (κ3) is 1.70. The lowest BCUT2D eigenvalue weighted by Crippen LogP contribution is -2.20. The molecule has 1 atom stereocenters. The first-order valence-electron chi connectivity index (χ1n) is 3.30. The van der Waals surface area contributed by atoms with Gasteiger partial charge in [0.1, 0.15) is 6.04 Å². The number of rotatable bonds is 2. The van der Waals surface area contributed by atoms with Gasteiger partial charge in [0.2, 0.25) is 0 Å². The molecule has 5 N–H and O–H groups in total. The van der Waals surface area contributed by atoms with Crippen LogP contribution >= 0.6 is 0 Å². The molecule has 1 aromatic heterocycles. The van der Waals surface area contributed by atoms with Crippen LogP contribution in [0.4, 0.5) is 5.69 Å². The van der Waals surface area contributed by atoms with E-state index in [1.807, 2.05) is 0 Å². The maximum atomic E-state index is 10.4. The van der Waals surface area contributed by atoms with Crippen LogP contribution in [0.25, 0.3) is 0 Å². The summed E-state index contributed by atoms with van der Waals surface area (Å²) in [6, 6.07) is 0.437. The summed E-state index contributed by atoms with van der Waals surface area (Å²) in [5.74, 6) is -1.09. The van der Waals surface area contributed by atoms with Gasteiger partial charge in [0.05, 0.1) is 5.69 Å². The van der Waals surface area contributed by atoms with Crippen molar-refractivity contribution >= 4 is 11.7 Å². The predicted octanol–water partition coefficient (Wildman–Crippen LogP) is -0.252. The number of aromatic nitrogens is 1. The molecule has 64 valence electrons. The van der Waals surface area contributed by atoms with Gasteiger partial charge in [-0.05, 0) is 6.07 Å². The Kier molecular flexibility index (Phi) is 2.25. The van der Waals surface area contributed by atoms with Gasteiger partial charge in [-0.3, -0.25) is 9.78 Å². The second-order valence-electron chi connectivity index (χ2n) is 2.37. The number of nitrogens with two attached hydrogens (primary N) is 2. The predicted molar refractivity (Wildman–Crippen MR) is 43.2 cm³/mol. The maximum absolute atomic E-state index is 10.4. The molecule has 0 saturated heterocycles. The highest BCUT2D eigenvalue weighted by atomic mass is 16.4. The molecule has 1 rings (SSSR count).